The van der Waals surface area contributed by atoms with E-state index in [1.54, 1.807) is 21.3 Å². The van der Waals surface area contributed by atoms with E-state index in [4.69, 9.17) is 45.9 Å². The first-order chi connectivity index (χ1) is 22.4. The van der Waals surface area contributed by atoms with E-state index in [1.807, 2.05) is 61.6 Å². The van der Waals surface area contributed by atoms with Crippen LogP contribution < -0.4 is 24.8 Å². The molecule has 2 aromatic carbocycles. The van der Waals surface area contributed by atoms with Crippen LogP contribution in [0.2, 0.25) is 5.02 Å². The summed E-state index contributed by atoms with van der Waals surface area (Å²) < 4.78 is 22.7. The molecule has 11 heteroatoms. The number of benzene rings is 2. The summed E-state index contributed by atoms with van der Waals surface area (Å²) in [5.41, 5.74) is 6.19. The molecule has 46 heavy (non-hydrogen) atoms. The zero-order chi connectivity index (χ0) is 32.6. The molecule has 3 N–H and O–H groups in total. The molecule has 4 aromatic rings. The Kier molecular flexibility index (Phi) is 11.1. The fourth-order valence-corrected chi connectivity index (χ4v) is 6.18. The van der Waals surface area contributed by atoms with Crippen LogP contribution in [0.1, 0.15) is 29.5 Å². The second-order valence-corrected chi connectivity index (χ2v) is 11.4. The molecule has 1 aliphatic heterocycles. The van der Waals surface area contributed by atoms with Gasteiger partial charge in [0, 0.05) is 72.6 Å². The van der Waals surface area contributed by atoms with Gasteiger partial charge in [-0.05, 0) is 44.6 Å². The van der Waals surface area contributed by atoms with Crippen LogP contribution in [0.5, 0.6) is 17.5 Å². The largest absolute Gasteiger partial charge is 0.496 e. The maximum atomic E-state index is 8.38. The topological polar surface area (TPSA) is 114 Å². The van der Waals surface area contributed by atoms with E-state index >= 15 is 0 Å². The number of halogens is 1. The highest BCUT2D eigenvalue weighted by Crippen LogP contribution is 2.40. The van der Waals surface area contributed by atoms with Gasteiger partial charge in [0.05, 0.1) is 37.6 Å². The molecular formula is C35H41ClN6O4. The number of pyridine rings is 2. The average Bonchev–Trinajstić information content (AvgIpc) is 3.09. The number of nitrogens with one attached hydrogen (secondary N) is 3. The second-order valence-electron chi connectivity index (χ2n) is 11.1. The summed E-state index contributed by atoms with van der Waals surface area (Å²) in [6.45, 7) is 2.79. The maximum absolute atomic E-state index is 8.38. The maximum Gasteiger partial charge on any atom is 0.223 e. The van der Waals surface area contributed by atoms with Crippen molar-refractivity contribution in [2.45, 2.75) is 32.0 Å². The van der Waals surface area contributed by atoms with Gasteiger partial charge in [-0.3, -0.25) is 4.90 Å². The molecule has 0 saturated carbocycles. The van der Waals surface area contributed by atoms with Crippen molar-refractivity contribution < 1.29 is 18.9 Å². The number of hydrogen-bond acceptors (Lipinski definition) is 10. The molecule has 0 radical (unpaired) electrons. The molecule has 0 spiro atoms. The number of hydrogen-bond donors (Lipinski definition) is 3. The summed E-state index contributed by atoms with van der Waals surface area (Å²) >= 11 is 7.06. The van der Waals surface area contributed by atoms with Gasteiger partial charge < -0.3 is 35.0 Å². The Hall–Kier alpha value is -4.22. The van der Waals surface area contributed by atoms with Crippen molar-refractivity contribution in [2.75, 3.05) is 54.0 Å². The molecule has 0 atom stereocenters. The van der Waals surface area contributed by atoms with E-state index in [1.165, 1.54) is 6.21 Å². The van der Waals surface area contributed by atoms with E-state index in [9.17, 15) is 0 Å². The van der Waals surface area contributed by atoms with Crippen molar-refractivity contribution in [1.82, 2.24) is 20.2 Å². The molecule has 0 bridgehead atoms. The minimum Gasteiger partial charge on any atom is -0.496 e. The van der Waals surface area contributed by atoms with Crippen molar-refractivity contribution in [1.29, 1.82) is 5.41 Å². The van der Waals surface area contributed by atoms with Crippen molar-refractivity contribution >= 4 is 29.3 Å². The minimum absolute atomic E-state index is 0.416. The lowest BCUT2D eigenvalue weighted by Crippen LogP contribution is -2.36. The predicted octanol–water partition coefficient (Wildman–Crippen LogP) is 6.56. The third kappa shape index (κ3) is 7.10. The van der Waals surface area contributed by atoms with Gasteiger partial charge >= 0.3 is 0 Å². The quantitative estimate of drug-likeness (QED) is 0.139. The summed E-state index contributed by atoms with van der Waals surface area (Å²) in [5, 5.41) is 15.4. The summed E-state index contributed by atoms with van der Waals surface area (Å²) in [7, 11) is 8.85. The summed E-state index contributed by atoms with van der Waals surface area (Å²) in [6, 6.07) is 17.8. The number of anilines is 2. The van der Waals surface area contributed by atoms with E-state index in [0.29, 0.717) is 64.4 Å². The van der Waals surface area contributed by atoms with Gasteiger partial charge in [0.15, 0.2) is 0 Å². The van der Waals surface area contributed by atoms with Gasteiger partial charge in [0.1, 0.15) is 11.6 Å². The van der Waals surface area contributed by atoms with Crippen molar-refractivity contribution in [3.63, 3.8) is 0 Å². The Morgan fingerprint density at radius 2 is 1.67 bits per heavy atom. The number of ether oxygens (including phenoxy) is 4. The molecule has 1 saturated heterocycles. The van der Waals surface area contributed by atoms with Crippen LogP contribution in [0, 0.1) is 5.41 Å². The smallest absolute Gasteiger partial charge is 0.223 e. The molecule has 1 fully saturated rings. The second kappa shape index (κ2) is 15.4. The number of nitrogens with zero attached hydrogens (tertiary/aromatic N) is 3. The Morgan fingerprint density at radius 3 is 2.37 bits per heavy atom. The van der Waals surface area contributed by atoms with E-state index in [2.05, 4.69) is 22.6 Å². The Balaban J connectivity index is 1.48. The van der Waals surface area contributed by atoms with Crippen molar-refractivity contribution in [3.05, 3.63) is 76.3 Å². The first-order valence-electron chi connectivity index (χ1n) is 15.2. The monoisotopic (exact) mass is 644 g/mol. The molecule has 0 amide bonds. The molecule has 5 rings (SSSR count). The first kappa shape index (κ1) is 33.2. The van der Waals surface area contributed by atoms with Gasteiger partial charge in [0.2, 0.25) is 11.8 Å². The van der Waals surface area contributed by atoms with E-state index in [-0.39, 0.29) is 0 Å². The van der Waals surface area contributed by atoms with Gasteiger partial charge in [0.25, 0.3) is 0 Å². The lowest BCUT2D eigenvalue weighted by molar-refractivity contribution is 0.0402. The third-order valence-corrected chi connectivity index (χ3v) is 8.67. The van der Waals surface area contributed by atoms with Gasteiger partial charge in [-0.1, -0.05) is 48.0 Å². The third-order valence-electron chi connectivity index (χ3n) is 8.26. The summed E-state index contributed by atoms with van der Waals surface area (Å²) in [4.78, 5) is 11.8. The number of rotatable bonds is 13. The van der Waals surface area contributed by atoms with Gasteiger partial charge in [-0.15, -0.1) is 0 Å². The number of aromatic nitrogens is 2. The molecular weight excluding hydrogens is 604 g/mol. The van der Waals surface area contributed by atoms with Crippen LogP contribution >= 0.6 is 11.6 Å². The van der Waals surface area contributed by atoms with Crippen molar-refractivity contribution in [2.24, 2.45) is 0 Å². The molecule has 10 nitrogen and oxygen atoms in total. The fourth-order valence-electron chi connectivity index (χ4n) is 5.85. The summed E-state index contributed by atoms with van der Waals surface area (Å²) in [5.74, 6) is 2.22. The Morgan fingerprint density at radius 1 is 0.957 bits per heavy atom. The van der Waals surface area contributed by atoms with Crippen LogP contribution in [-0.4, -0.2) is 75.8 Å². The van der Waals surface area contributed by atoms with Crippen LogP contribution in [0.3, 0.4) is 0 Å². The normalized spacial score (nSPS) is 13.5. The van der Waals surface area contributed by atoms with Crippen LogP contribution in [-0.2, 0) is 17.8 Å². The van der Waals surface area contributed by atoms with Crippen LogP contribution in [0.4, 0.5) is 11.5 Å². The Labute approximate surface area is 275 Å². The highest BCUT2D eigenvalue weighted by atomic mass is 35.5. The number of methoxy groups -OCH3 is 3. The summed E-state index contributed by atoms with van der Waals surface area (Å²) in [6.07, 6.45) is 3.29. The van der Waals surface area contributed by atoms with E-state index in [0.717, 1.165) is 53.9 Å². The predicted molar refractivity (Wildman–Crippen MR) is 183 cm³/mol. The van der Waals surface area contributed by atoms with Crippen molar-refractivity contribution in [3.8, 4) is 39.9 Å². The SMILES string of the molecule is CNCc1ccc(-c2cccc(-c3cccc(Nc4cc(OC)c(CN(C)C5CCOCC5)c(OC)n4)c3C=N)c2Cl)nc1OC. The first-order valence-corrected chi connectivity index (χ1v) is 15.6. The van der Waals surface area contributed by atoms with Gasteiger partial charge in [-0.2, -0.15) is 4.98 Å². The van der Waals surface area contributed by atoms with Crippen LogP contribution in [0.25, 0.3) is 22.4 Å². The van der Waals surface area contributed by atoms with Gasteiger partial charge in [-0.25, -0.2) is 4.98 Å². The minimum atomic E-state index is 0.416. The average molecular weight is 645 g/mol. The standard InChI is InChI=1S/C35H41ClN6O4/c1-38-20-22-12-13-30(40-34(22)44-4)26-10-6-9-25(33(26)36)24-8-7-11-29(27(24)19-37)39-32-18-31(43-3)28(35(41-32)45-5)21-42(2)23-14-16-46-17-15-23/h6-13,18-19,23,37-38H,14-17,20-21H2,1-5H3,(H,39,41). The van der Waals surface area contributed by atoms with E-state index < -0.39 is 0 Å². The Bertz CT molecular complexity index is 1650. The molecule has 2 aromatic heterocycles. The molecule has 242 valence electrons. The van der Waals surface area contributed by atoms with Crippen LogP contribution in [0.15, 0.2) is 54.6 Å². The zero-order valence-electron chi connectivity index (χ0n) is 26.9. The lowest BCUT2D eigenvalue weighted by Gasteiger charge is -2.31. The highest BCUT2D eigenvalue weighted by Gasteiger charge is 2.23. The fraction of sp³-hybridized carbons (Fsp3) is 0.343. The zero-order valence-corrected chi connectivity index (χ0v) is 27.7. The molecule has 0 unspecified atom stereocenters. The molecule has 3 heterocycles. The highest BCUT2D eigenvalue weighted by molar-refractivity contribution is 6.36. The molecule has 1 aliphatic rings. The molecule has 0 aliphatic carbocycles. The lowest BCUT2D eigenvalue weighted by atomic mass is 9.96.